The second-order valence-corrected chi connectivity index (χ2v) is 6.20. The Hall–Kier alpha value is -1.69. The van der Waals surface area contributed by atoms with Crippen molar-refractivity contribution in [2.75, 3.05) is 12.3 Å². The van der Waals surface area contributed by atoms with Gasteiger partial charge in [0.05, 0.1) is 16.2 Å². The van der Waals surface area contributed by atoms with Gasteiger partial charge in [-0.25, -0.2) is 9.48 Å². The van der Waals surface area contributed by atoms with E-state index in [1.54, 1.807) is 6.08 Å². The molecule has 0 aliphatic rings. The first-order valence-corrected chi connectivity index (χ1v) is 7.73. The van der Waals surface area contributed by atoms with Crippen LogP contribution < -0.4 is 5.73 Å². The van der Waals surface area contributed by atoms with Crippen molar-refractivity contribution >= 4 is 46.6 Å². The average molecular weight is 375 g/mol. The summed E-state index contributed by atoms with van der Waals surface area (Å²) in [5, 5.41) is 4.98. The third-order valence-electron chi connectivity index (χ3n) is 2.93. The molecule has 0 saturated heterocycles. The number of carbonyl (C=O) groups excluding carboxylic acids is 1. The van der Waals surface area contributed by atoms with Crippen LogP contribution in [0.3, 0.4) is 0 Å². The number of nitrogen functional groups attached to an aromatic ring is 1. The number of benzene rings is 1. The Labute approximate surface area is 148 Å². The minimum absolute atomic E-state index is 0.0818. The Morgan fingerprint density at radius 1 is 1.30 bits per heavy atom. The molecule has 1 aromatic carbocycles. The van der Waals surface area contributed by atoms with Gasteiger partial charge in [-0.2, -0.15) is 5.10 Å². The van der Waals surface area contributed by atoms with Crippen LogP contribution in [0.1, 0.15) is 24.2 Å². The third kappa shape index (κ3) is 3.99. The minimum Gasteiger partial charge on any atom is -0.458 e. The van der Waals surface area contributed by atoms with Crippen LogP contribution in [0.4, 0.5) is 5.82 Å². The summed E-state index contributed by atoms with van der Waals surface area (Å²) in [5.41, 5.74) is 7.50. The number of carbonyl (C=O) groups is 1. The van der Waals surface area contributed by atoms with E-state index in [4.69, 9.17) is 45.3 Å². The van der Waals surface area contributed by atoms with E-state index < -0.39 is 5.97 Å². The number of allylic oxidation sites excluding steroid dienone is 1. The number of rotatable bonds is 4. The van der Waals surface area contributed by atoms with Crippen molar-refractivity contribution in [2.45, 2.75) is 13.8 Å². The molecule has 0 aliphatic carbocycles. The maximum Gasteiger partial charge on any atom is 0.343 e. The van der Waals surface area contributed by atoms with Crippen molar-refractivity contribution < 1.29 is 9.53 Å². The van der Waals surface area contributed by atoms with Gasteiger partial charge >= 0.3 is 5.97 Å². The lowest BCUT2D eigenvalue weighted by atomic mass is 10.3. The molecule has 0 radical (unpaired) electrons. The van der Waals surface area contributed by atoms with Crippen LogP contribution in [0.15, 0.2) is 30.0 Å². The highest BCUT2D eigenvalue weighted by molar-refractivity contribution is 6.40. The number of ether oxygens (including phenoxy) is 1. The zero-order chi connectivity index (χ0) is 17.1. The summed E-state index contributed by atoms with van der Waals surface area (Å²) in [6, 6.07) is 3.02. The van der Waals surface area contributed by atoms with E-state index in [1.807, 2.05) is 13.8 Å². The molecule has 0 fully saturated rings. The fraction of sp³-hybridized carbons (Fsp3) is 0.200. The van der Waals surface area contributed by atoms with Crippen molar-refractivity contribution in [1.82, 2.24) is 9.78 Å². The maximum atomic E-state index is 12.0. The van der Waals surface area contributed by atoms with E-state index >= 15 is 0 Å². The highest BCUT2D eigenvalue weighted by Crippen LogP contribution is 2.33. The first-order chi connectivity index (χ1) is 10.8. The molecule has 0 atom stereocenters. The predicted molar refractivity (Wildman–Crippen MR) is 92.7 cm³/mol. The van der Waals surface area contributed by atoms with E-state index in [0.717, 1.165) is 5.57 Å². The molecule has 0 unspecified atom stereocenters. The highest BCUT2D eigenvalue weighted by Gasteiger charge is 2.20. The monoisotopic (exact) mass is 373 g/mol. The molecule has 0 amide bonds. The molecule has 2 rings (SSSR count). The van der Waals surface area contributed by atoms with E-state index in [0.29, 0.717) is 10.7 Å². The van der Waals surface area contributed by atoms with E-state index in [9.17, 15) is 4.79 Å². The van der Waals surface area contributed by atoms with Crippen molar-refractivity contribution in [1.29, 1.82) is 0 Å². The zero-order valence-corrected chi connectivity index (χ0v) is 14.7. The normalized spacial score (nSPS) is 10.5. The van der Waals surface area contributed by atoms with Crippen LogP contribution in [0, 0.1) is 0 Å². The molecule has 23 heavy (non-hydrogen) atoms. The van der Waals surface area contributed by atoms with Crippen LogP contribution in [-0.4, -0.2) is 22.4 Å². The largest absolute Gasteiger partial charge is 0.458 e. The minimum atomic E-state index is -0.576. The van der Waals surface area contributed by atoms with Gasteiger partial charge in [0, 0.05) is 5.02 Å². The van der Waals surface area contributed by atoms with Gasteiger partial charge in [0.2, 0.25) is 0 Å². The zero-order valence-electron chi connectivity index (χ0n) is 12.4. The molecule has 2 N–H and O–H groups in total. The SMILES string of the molecule is CC(C)=CCOC(=O)c1cnn(-c2c(Cl)cc(Cl)cc2Cl)c1N. The van der Waals surface area contributed by atoms with Crippen LogP contribution in [0.2, 0.25) is 15.1 Å². The number of nitrogens with zero attached hydrogens (tertiary/aromatic N) is 2. The lowest BCUT2D eigenvalue weighted by molar-refractivity contribution is 0.0550. The summed E-state index contributed by atoms with van der Waals surface area (Å²) >= 11 is 18.2. The molecule has 1 aromatic heterocycles. The van der Waals surface area contributed by atoms with Gasteiger partial charge in [0.1, 0.15) is 23.7 Å². The summed E-state index contributed by atoms with van der Waals surface area (Å²) in [6.07, 6.45) is 3.09. The Balaban J connectivity index is 2.33. The maximum absolute atomic E-state index is 12.0. The summed E-state index contributed by atoms with van der Waals surface area (Å²) < 4.78 is 6.39. The fourth-order valence-electron chi connectivity index (χ4n) is 1.79. The molecule has 0 aliphatic heterocycles. The third-order valence-corrected chi connectivity index (χ3v) is 3.72. The van der Waals surface area contributed by atoms with Gasteiger partial charge in [-0.05, 0) is 32.1 Å². The molecule has 0 spiro atoms. The molecular weight excluding hydrogens is 361 g/mol. The molecule has 1 heterocycles. The van der Waals surface area contributed by atoms with E-state index in [2.05, 4.69) is 5.10 Å². The van der Waals surface area contributed by atoms with Crippen LogP contribution in [-0.2, 0) is 4.74 Å². The molecule has 0 saturated carbocycles. The number of hydrogen-bond donors (Lipinski definition) is 1. The lowest BCUT2D eigenvalue weighted by Crippen LogP contribution is -2.10. The van der Waals surface area contributed by atoms with Gasteiger partial charge in [-0.1, -0.05) is 40.4 Å². The number of aromatic nitrogens is 2. The van der Waals surface area contributed by atoms with Gasteiger partial charge in [0.15, 0.2) is 0 Å². The second-order valence-electron chi connectivity index (χ2n) is 4.95. The van der Waals surface area contributed by atoms with Crippen LogP contribution >= 0.6 is 34.8 Å². The first kappa shape index (κ1) is 17.7. The summed E-state index contributed by atoms with van der Waals surface area (Å²) in [4.78, 5) is 12.0. The Morgan fingerprint density at radius 2 is 1.91 bits per heavy atom. The topological polar surface area (TPSA) is 70.1 Å². The number of nitrogens with two attached hydrogens (primary N) is 1. The fourth-order valence-corrected chi connectivity index (χ4v) is 2.77. The number of anilines is 1. The van der Waals surface area contributed by atoms with Gasteiger partial charge < -0.3 is 10.5 Å². The van der Waals surface area contributed by atoms with Gasteiger partial charge in [0.25, 0.3) is 0 Å². The van der Waals surface area contributed by atoms with Crippen molar-refractivity contribution in [2.24, 2.45) is 0 Å². The van der Waals surface area contributed by atoms with E-state index in [1.165, 1.54) is 23.0 Å². The number of halogens is 3. The molecule has 5 nitrogen and oxygen atoms in total. The molecular formula is C15H14Cl3N3O2. The summed E-state index contributed by atoms with van der Waals surface area (Å²) in [5.74, 6) is -0.495. The highest BCUT2D eigenvalue weighted by atomic mass is 35.5. The summed E-state index contributed by atoms with van der Waals surface area (Å²) in [6.45, 7) is 3.98. The van der Waals surface area contributed by atoms with Crippen LogP contribution in [0.5, 0.6) is 0 Å². The Morgan fingerprint density at radius 3 is 2.48 bits per heavy atom. The standard InChI is InChI=1S/C15H14Cl3N3O2/c1-8(2)3-4-23-15(22)10-7-20-21(14(10)19)13-11(17)5-9(16)6-12(13)18/h3,5-7H,4,19H2,1-2H3. The van der Waals surface area contributed by atoms with Gasteiger partial charge in [-0.3, -0.25) is 0 Å². The van der Waals surface area contributed by atoms with E-state index in [-0.39, 0.29) is 28.0 Å². The first-order valence-electron chi connectivity index (χ1n) is 6.60. The number of esters is 1. The van der Waals surface area contributed by atoms with Crippen molar-refractivity contribution in [3.8, 4) is 5.69 Å². The van der Waals surface area contributed by atoms with Crippen LogP contribution in [0.25, 0.3) is 5.69 Å². The predicted octanol–water partition coefficient (Wildman–Crippen LogP) is 4.54. The second kappa shape index (κ2) is 7.25. The summed E-state index contributed by atoms with van der Waals surface area (Å²) in [7, 11) is 0. The van der Waals surface area contributed by atoms with Gasteiger partial charge in [-0.15, -0.1) is 0 Å². The van der Waals surface area contributed by atoms with Crippen molar-refractivity contribution in [3.05, 3.63) is 50.6 Å². The molecule has 8 heteroatoms. The molecule has 0 bridgehead atoms. The Bertz CT molecular complexity index is 757. The Kier molecular flexibility index (Phi) is 5.57. The molecule has 2 aromatic rings. The van der Waals surface area contributed by atoms with Crippen molar-refractivity contribution in [3.63, 3.8) is 0 Å². The lowest BCUT2D eigenvalue weighted by Gasteiger charge is -2.10. The number of hydrogen-bond acceptors (Lipinski definition) is 4. The smallest absolute Gasteiger partial charge is 0.343 e. The molecule has 122 valence electrons. The quantitative estimate of drug-likeness (QED) is 0.630. The average Bonchev–Trinajstić information content (AvgIpc) is 2.79.